The Bertz CT molecular complexity index is 377. The van der Waals surface area contributed by atoms with Crippen LogP contribution in [0.1, 0.15) is 18.9 Å². The molecule has 0 aromatic heterocycles. The third-order valence-electron chi connectivity index (χ3n) is 2.06. The van der Waals surface area contributed by atoms with Gasteiger partial charge in [-0.2, -0.15) is 0 Å². The lowest BCUT2D eigenvalue weighted by Crippen LogP contribution is -2.34. The van der Waals surface area contributed by atoms with E-state index in [0.717, 1.165) is 5.56 Å². The van der Waals surface area contributed by atoms with Gasteiger partial charge in [0.1, 0.15) is 6.61 Å². The monoisotopic (exact) mass is 237 g/mol. The van der Waals surface area contributed by atoms with Crippen molar-refractivity contribution >= 4 is 12.1 Å². The molecule has 0 radical (unpaired) electrons. The molecule has 0 saturated heterocycles. The topological polar surface area (TPSA) is 75.6 Å². The van der Waals surface area contributed by atoms with Gasteiger partial charge in [0.25, 0.3) is 0 Å². The van der Waals surface area contributed by atoms with Crippen LogP contribution in [-0.2, 0) is 16.1 Å². The number of aliphatic carboxylic acids is 1. The lowest BCUT2D eigenvalue weighted by atomic mass is 10.2. The Morgan fingerprint density at radius 2 is 2.00 bits per heavy atom. The highest BCUT2D eigenvalue weighted by Crippen LogP contribution is 2.01. The van der Waals surface area contributed by atoms with Crippen molar-refractivity contribution in [1.82, 2.24) is 5.32 Å². The second-order valence-electron chi connectivity index (χ2n) is 3.70. The second kappa shape index (κ2) is 6.52. The number of amides is 1. The summed E-state index contributed by atoms with van der Waals surface area (Å²) in [5.41, 5.74) is 0.883. The van der Waals surface area contributed by atoms with Crippen LogP contribution in [0, 0.1) is 0 Å². The quantitative estimate of drug-likeness (QED) is 0.818. The van der Waals surface area contributed by atoms with Crippen molar-refractivity contribution in [3.05, 3.63) is 35.9 Å². The summed E-state index contributed by atoms with van der Waals surface area (Å²) >= 11 is 0. The van der Waals surface area contributed by atoms with E-state index in [9.17, 15) is 9.59 Å². The minimum atomic E-state index is -0.958. The number of carbonyl (C=O) groups excluding carboxylic acids is 1. The summed E-state index contributed by atoms with van der Waals surface area (Å²) in [4.78, 5) is 21.7. The summed E-state index contributed by atoms with van der Waals surface area (Å²) in [6.07, 6.45) is -0.733. The van der Waals surface area contributed by atoms with Crippen LogP contribution in [0.15, 0.2) is 30.3 Å². The van der Waals surface area contributed by atoms with Gasteiger partial charge in [0.05, 0.1) is 6.42 Å². The van der Waals surface area contributed by atoms with Crippen molar-refractivity contribution in [2.45, 2.75) is 26.0 Å². The lowest BCUT2D eigenvalue weighted by Gasteiger charge is -2.11. The molecular weight excluding hydrogens is 222 g/mol. The highest BCUT2D eigenvalue weighted by Gasteiger charge is 2.11. The molecule has 1 amide bonds. The summed E-state index contributed by atoms with van der Waals surface area (Å²) in [5, 5.41) is 11.0. The molecule has 0 aliphatic heterocycles. The van der Waals surface area contributed by atoms with Crippen LogP contribution in [0.2, 0.25) is 0 Å². The van der Waals surface area contributed by atoms with Crippen molar-refractivity contribution < 1.29 is 19.4 Å². The number of carbonyl (C=O) groups is 2. The standard InChI is InChI=1S/C12H15NO4/c1-9(7-11(14)15)13-12(16)17-8-10-5-3-2-4-6-10/h2-6,9H,7-8H2,1H3,(H,13,16)(H,14,15)/t9-/m1/s1. The molecule has 0 fully saturated rings. The van der Waals surface area contributed by atoms with E-state index in [1.54, 1.807) is 6.92 Å². The number of carboxylic acid groups (broad SMARTS) is 1. The molecule has 1 rings (SSSR count). The molecule has 1 aromatic rings. The van der Waals surface area contributed by atoms with Gasteiger partial charge < -0.3 is 15.2 Å². The van der Waals surface area contributed by atoms with E-state index in [4.69, 9.17) is 9.84 Å². The third kappa shape index (κ3) is 5.55. The number of benzene rings is 1. The molecule has 1 aromatic carbocycles. The van der Waals surface area contributed by atoms with Gasteiger partial charge in [0, 0.05) is 6.04 Å². The Labute approximate surface area is 99.4 Å². The maximum Gasteiger partial charge on any atom is 0.407 e. The minimum Gasteiger partial charge on any atom is -0.481 e. The van der Waals surface area contributed by atoms with Crippen LogP contribution in [-0.4, -0.2) is 23.2 Å². The summed E-state index contributed by atoms with van der Waals surface area (Å²) in [7, 11) is 0. The average molecular weight is 237 g/mol. The van der Waals surface area contributed by atoms with Gasteiger partial charge in [-0.3, -0.25) is 4.79 Å². The highest BCUT2D eigenvalue weighted by atomic mass is 16.5. The molecule has 0 spiro atoms. The van der Waals surface area contributed by atoms with E-state index in [0.29, 0.717) is 0 Å². The molecule has 2 N–H and O–H groups in total. The molecule has 5 heteroatoms. The molecule has 0 saturated carbocycles. The predicted octanol–water partition coefficient (Wildman–Crippen LogP) is 1.78. The molecule has 0 aliphatic carbocycles. The molecule has 1 atom stereocenters. The molecule has 0 heterocycles. The average Bonchev–Trinajstić information content (AvgIpc) is 2.26. The Hall–Kier alpha value is -2.04. The Kier molecular flexibility index (Phi) is 5.00. The van der Waals surface area contributed by atoms with Crippen molar-refractivity contribution in [3.8, 4) is 0 Å². The van der Waals surface area contributed by atoms with Gasteiger partial charge in [0.15, 0.2) is 0 Å². The van der Waals surface area contributed by atoms with Gasteiger partial charge in [0.2, 0.25) is 0 Å². The van der Waals surface area contributed by atoms with Crippen molar-refractivity contribution in [2.24, 2.45) is 0 Å². The van der Waals surface area contributed by atoms with Gasteiger partial charge in [-0.05, 0) is 12.5 Å². The first-order valence-electron chi connectivity index (χ1n) is 5.27. The molecule has 0 bridgehead atoms. The van der Waals surface area contributed by atoms with Gasteiger partial charge in [-0.1, -0.05) is 30.3 Å². The normalized spacial score (nSPS) is 11.6. The molecule has 0 aliphatic rings. The van der Waals surface area contributed by atoms with Crippen LogP contribution in [0.4, 0.5) is 4.79 Å². The second-order valence-corrected chi connectivity index (χ2v) is 3.70. The van der Waals surface area contributed by atoms with Crippen molar-refractivity contribution in [2.75, 3.05) is 0 Å². The Morgan fingerprint density at radius 3 is 2.59 bits per heavy atom. The largest absolute Gasteiger partial charge is 0.481 e. The number of alkyl carbamates (subject to hydrolysis) is 1. The summed E-state index contributed by atoms with van der Waals surface area (Å²) in [6.45, 7) is 1.78. The number of ether oxygens (including phenoxy) is 1. The molecule has 92 valence electrons. The summed E-state index contributed by atoms with van der Waals surface area (Å²) < 4.78 is 4.94. The number of carboxylic acids is 1. The minimum absolute atomic E-state index is 0.125. The molecule has 5 nitrogen and oxygen atoms in total. The maximum atomic E-state index is 11.3. The SMILES string of the molecule is C[C@H](CC(=O)O)NC(=O)OCc1ccccc1. The first kappa shape index (κ1) is 13.0. The summed E-state index contributed by atoms with van der Waals surface area (Å²) in [6, 6.07) is 8.81. The van der Waals surface area contributed by atoms with Gasteiger partial charge >= 0.3 is 12.1 Å². The van der Waals surface area contributed by atoms with E-state index in [1.807, 2.05) is 30.3 Å². The predicted molar refractivity (Wildman–Crippen MR) is 61.5 cm³/mol. The van der Waals surface area contributed by atoms with Crippen molar-refractivity contribution in [3.63, 3.8) is 0 Å². The third-order valence-corrected chi connectivity index (χ3v) is 2.06. The van der Waals surface area contributed by atoms with Gasteiger partial charge in [-0.15, -0.1) is 0 Å². The van der Waals surface area contributed by atoms with E-state index >= 15 is 0 Å². The molecule has 0 unspecified atom stereocenters. The zero-order valence-corrected chi connectivity index (χ0v) is 9.55. The lowest BCUT2D eigenvalue weighted by molar-refractivity contribution is -0.137. The zero-order chi connectivity index (χ0) is 12.7. The van der Waals surface area contributed by atoms with Crippen LogP contribution in [0.3, 0.4) is 0 Å². The smallest absolute Gasteiger partial charge is 0.407 e. The Balaban J connectivity index is 2.28. The van der Waals surface area contributed by atoms with Crippen molar-refractivity contribution in [1.29, 1.82) is 0 Å². The number of hydrogen-bond donors (Lipinski definition) is 2. The highest BCUT2D eigenvalue weighted by molar-refractivity contribution is 5.71. The summed E-state index contributed by atoms with van der Waals surface area (Å²) in [5.74, 6) is -0.958. The molecule has 17 heavy (non-hydrogen) atoms. The number of rotatable bonds is 5. The van der Waals surface area contributed by atoms with E-state index in [-0.39, 0.29) is 13.0 Å². The maximum absolute atomic E-state index is 11.3. The first-order chi connectivity index (χ1) is 8.08. The van der Waals surface area contributed by atoms with E-state index in [2.05, 4.69) is 5.32 Å². The fourth-order valence-electron chi connectivity index (χ4n) is 1.28. The fourth-order valence-corrected chi connectivity index (χ4v) is 1.28. The number of nitrogens with one attached hydrogen (secondary N) is 1. The van der Waals surface area contributed by atoms with Crippen LogP contribution < -0.4 is 5.32 Å². The Morgan fingerprint density at radius 1 is 1.35 bits per heavy atom. The van der Waals surface area contributed by atoms with Crippen LogP contribution in [0.25, 0.3) is 0 Å². The van der Waals surface area contributed by atoms with Crippen LogP contribution in [0.5, 0.6) is 0 Å². The van der Waals surface area contributed by atoms with E-state index in [1.165, 1.54) is 0 Å². The first-order valence-corrected chi connectivity index (χ1v) is 5.27. The van der Waals surface area contributed by atoms with E-state index < -0.39 is 18.1 Å². The fraction of sp³-hybridized carbons (Fsp3) is 0.333. The van der Waals surface area contributed by atoms with Gasteiger partial charge in [-0.25, -0.2) is 4.79 Å². The zero-order valence-electron chi connectivity index (χ0n) is 9.55. The number of hydrogen-bond acceptors (Lipinski definition) is 3. The van der Waals surface area contributed by atoms with Crippen LogP contribution >= 0.6 is 0 Å². The molecular formula is C12H15NO4.